The fourth-order valence-corrected chi connectivity index (χ4v) is 8.22. The van der Waals surface area contributed by atoms with Gasteiger partial charge < -0.3 is 19.5 Å². The molecule has 9 atom stereocenters. The third-order valence-electron chi connectivity index (χ3n) is 8.59. The van der Waals surface area contributed by atoms with Crippen LogP contribution in [0.15, 0.2) is 12.1 Å². The molecule has 5 saturated carbocycles. The summed E-state index contributed by atoms with van der Waals surface area (Å²) in [5, 5.41) is 3.96. The Kier molecular flexibility index (Phi) is 2.85. The summed E-state index contributed by atoms with van der Waals surface area (Å²) in [5.74, 6) is 10.6. The summed E-state index contributed by atoms with van der Waals surface area (Å²) in [6.07, 6.45) is 3.11. The number of ether oxygens (including phenoxy) is 3. The Morgan fingerprint density at radius 1 is 0.800 bits per heavy atom. The van der Waals surface area contributed by atoms with Gasteiger partial charge in [0.05, 0.1) is 21.3 Å². The lowest BCUT2D eigenvalue weighted by Gasteiger charge is -2.48. The van der Waals surface area contributed by atoms with Crippen LogP contribution < -0.4 is 19.5 Å². The van der Waals surface area contributed by atoms with Crippen molar-refractivity contribution in [3.8, 4) is 17.2 Å². The van der Waals surface area contributed by atoms with Gasteiger partial charge in [-0.3, -0.25) is 0 Å². The van der Waals surface area contributed by atoms with E-state index in [9.17, 15) is 0 Å². The second-order valence-corrected chi connectivity index (χ2v) is 8.88. The fraction of sp³-hybridized carbons (Fsp3) is 0.714. The Hall–Kier alpha value is -1.42. The van der Waals surface area contributed by atoms with Gasteiger partial charge in [0.15, 0.2) is 11.5 Å². The summed E-state index contributed by atoms with van der Waals surface area (Å²) in [7, 11) is 5.02. The number of nitrogens with one attached hydrogen (secondary N) is 1. The normalized spacial score (nSPS) is 46.6. The lowest BCUT2D eigenvalue weighted by atomic mass is 9.59. The lowest BCUT2D eigenvalue weighted by molar-refractivity contribution is 0.00939. The molecule has 2 bridgehead atoms. The highest BCUT2D eigenvalue weighted by Crippen LogP contribution is 2.82. The SMILES string of the molecule is COc1cc(CN[C@H]2[C@@H]3[C@H]4C[C@H]5[C@@H]3C[C@@H]3[C@@H]5[C@H]4[C@H]32)cc(OC)c1OC. The van der Waals surface area contributed by atoms with E-state index in [0.717, 1.165) is 71.4 Å². The van der Waals surface area contributed by atoms with Gasteiger partial charge in [0.1, 0.15) is 0 Å². The van der Waals surface area contributed by atoms with Crippen LogP contribution in [0, 0.1) is 47.3 Å². The van der Waals surface area contributed by atoms with E-state index in [1.54, 1.807) is 34.2 Å². The molecule has 5 aliphatic carbocycles. The Morgan fingerprint density at radius 3 is 2.08 bits per heavy atom. The monoisotopic (exact) mass is 341 g/mol. The topological polar surface area (TPSA) is 39.7 Å². The van der Waals surface area contributed by atoms with Crippen molar-refractivity contribution in [3.05, 3.63) is 17.7 Å². The van der Waals surface area contributed by atoms with Crippen molar-refractivity contribution in [2.24, 2.45) is 47.3 Å². The minimum Gasteiger partial charge on any atom is -0.493 e. The van der Waals surface area contributed by atoms with Crippen molar-refractivity contribution in [3.63, 3.8) is 0 Å². The zero-order chi connectivity index (χ0) is 16.9. The highest BCUT2D eigenvalue weighted by atomic mass is 16.5. The molecule has 1 aromatic carbocycles. The molecule has 6 rings (SSSR count). The van der Waals surface area contributed by atoms with Crippen LogP contribution in [0.3, 0.4) is 0 Å². The molecule has 25 heavy (non-hydrogen) atoms. The summed E-state index contributed by atoms with van der Waals surface area (Å²) < 4.78 is 16.4. The van der Waals surface area contributed by atoms with Crippen LogP contribution in [0.2, 0.25) is 0 Å². The van der Waals surface area contributed by atoms with Gasteiger partial charge in [0, 0.05) is 12.6 Å². The molecule has 0 aliphatic heterocycles. The van der Waals surface area contributed by atoms with Crippen LogP contribution in [0.25, 0.3) is 0 Å². The summed E-state index contributed by atoms with van der Waals surface area (Å²) in [4.78, 5) is 0. The molecule has 5 fully saturated rings. The van der Waals surface area contributed by atoms with E-state index < -0.39 is 0 Å². The van der Waals surface area contributed by atoms with E-state index in [-0.39, 0.29) is 0 Å². The first-order chi connectivity index (χ1) is 12.3. The molecule has 4 nitrogen and oxygen atoms in total. The van der Waals surface area contributed by atoms with Crippen LogP contribution in [0.4, 0.5) is 0 Å². The maximum atomic E-state index is 5.50. The molecular weight excluding hydrogens is 314 g/mol. The van der Waals surface area contributed by atoms with Gasteiger partial charge in [0.25, 0.3) is 0 Å². The summed E-state index contributed by atoms with van der Waals surface area (Å²) >= 11 is 0. The van der Waals surface area contributed by atoms with E-state index in [0.29, 0.717) is 5.75 Å². The molecule has 0 spiro atoms. The summed E-state index contributed by atoms with van der Waals surface area (Å²) in [6, 6.07) is 4.92. The minimum absolute atomic E-state index is 0.675. The second kappa shape index (κ2) is 4.85. The third kappa shape index (κ3) is 1.59. The van der Waals surface area contributed by atoms with Gasteiger partial charge in [-0.2, -0.15) is 0 Å². The van der Waals surface area contributed by atoms with E-state index in [4.69, 9.17) is 14.2 Å². The molecule has 0 saturated heterocycles. The molecule has 1 aromatic rings. The van der Waals surface area contributed by atoms with Crippen LogP contribution in [0.1, 0.15) is 18.4 Å². The van der Waals surface area contributed by atoms with E-state index in [2.05, 4.69) is 17.4 Å². The van der Waals surface area contributed by atoms with Gasteiger partial charge in [-0.25, -0.2) is 0 Å². The van der Waals surface area contributed by atoms with E-state index in [1.807, 2.05) is 0 Å². The van der Waals surface area contributed by atoms with Gasteiger partial charge >= 0.3 is 0 Å². The summed E-state index contributed by atoms with van der Waals surface area (Å²) in [5.41, 5.74) is 1.22. The zero-order valence-corrected chi connectivity index (χ0v) is 15.2. The fourth-order valence-electron chi connectivity index (χ4n) is 8.22. The van der Waals surface area contributed by atoms with E-state index >= 15 is 0 Å². The molecule has 0 amide bonds. The Balaban J connectivity index is 1.24. The number of methoxy groups -OCH3 is 3. The maximum Gasteiger partial charge on any atom is 0.203 e. The zero-order valence-electron chi connectivity index (χ0n) is 15.2. The molecule has 0 heterocycles. The molecular formula is C21H27NO3. The number of benzene rings is 1. The third-order valence-corrected chi connectivity index (χ3v) is 8.59. The largest absolute Gasteiger partial charge is 0.493 e. The average Bonchev–Trinajstić information content (AvgIpc) is 3.18. The van der Waals surface area contributed by atoms with Crippen molar-refractivity contribution in [2.75, 3.05) is 21.3 Å². The van der Waals surface area contributed by atoms with E-state index in [1.165, 1.54) is 5.56 Å². The van der Waals surface area contributed by atoms with Gasteiger partial charge in [-0.05, 0) is 77.9 Å². The Labute approximate surface area is 149 Å². The van der Waals surface area contributed by atoms with Crippen LogP contribution >= 0.6 is 0 Å². The predicted molar refractivity (Wildman–Crippen MR) is 93.9 cm³/mol. The molecule has 5 aliphatic rings. The first kappa shape index (κ1) is 14.7. The average molecular weight is 341 g/mol. The number of rotatable bonds is 6. The van der Waals surface area contributed by atoms with Crippen molar-refractivity contribution in [1.82, 2.24) is 5.32 Å². The molecule has 0 aromatic heterocycles. The van der Waals surface area contributed by atoms with Crippen LogP contribution in [0.5, 0.6) is 17.2 Å². The van der Waals surface area contributed by atoms with Crippen molar-refractivity contribution in [2.45, 2.75) is 25.4 Å². The number of fused-ring (bicyclic) bond motifs is 2. The van der Waals surface area contributed by atoms with Crippen molar-refractivity contribution in [1.29, 1.82) is 0 Å². The lowest BCUT2D eigenvalue weighted by Crippen LogP contribution is -2.51. The first-order valence-corrected chi connectivity index (χ1v) is 9.79. The second-order valence-electron chi connectivity index (χ2n) is 8.88. The van der Waals surface area contributed by atoms with Gasteiger partial charge in [-0.1, -0.05) is 0 Å². The minimum atomic E-state index is 0.675. The van der Waals surface area contributed by atoms with Crippen LogP contribution in [-0.4, -0.2) is 27.4 Å². The number of hydrogen-bond acceptors (Lipinski definition) is 4. The molecule has 134 valence electrons. The highest BCUT2D eigenvalue weighted by Gasteiger charge is 2.80. The summed E-state index contributed by atoms with van der Waals surface area (Å²) in [6.45, 7) is 0.891. The quantitative estimate of drug-likeness (QED) is 0.864. The highest BCUT2D eigenvalue weighted by molar-refractivity contribution is 5.53. The molecule has 0 unspecified atom stereocenters. The van der Waals surface area contributed by atoms with Gasteiger partial charge in [0.2, 0.25) is 5.75 Å². The first-order valence-electron chi connectivity index (χ1n) is 9.79. The standard InChI is InChI=1S/C21H27NO3/c1-23-14-4-9(5-15(24-2)21(14)25-3)8-22-20-17-11-7-12-16-10(11)6-13(17)18(16)19(12)20/h4-5,10-13,16-20,22H,6-8H2,1-3H3/t10-,11-,12+,13+,16+,17-,18-,19-,20-/m0/s1. The van der Waals surface area contributed by atoms with Crippen molar-refractivity contribution >= 4 is 0 Å². The maximum absolute atomic E-state index is 5.50. The molecule has 4 heteroatoms. The molecule has 0 radical (unpaired) electrons. The predicted octanol–water partition coefficient (Wildman–Crippen LogP) is 2.95. The Morgan fingerprint density at radius 2 is 1.44 bits per heavy atom. The Bertz CT molecular complexity index is 703. The van der Waals surface area contributed by atoms with Gasteiger partial charge in [-0.15, -0.1) is 0 Å². The smallest absolute Gasteiger partial charge is 0.203 e. The van der Waals surface area contributed by atoms with Crippen molar-refractivity contribution < 1.29 is 14.2 Å². The number of hydrogen-bond donors (Lipinski definition) is 1. The molecule has 1 N–H and O–H groups in total. The van der Waals surface area contributed by atoms with Crippen LogP contribution in [-0.2, 0) is 6.54 Å².